The fourth-order valence-electron chi connectivity index (χ4n) is 3.26. The molecule has 9 nitrogen and oxygen atoms in total. The number of amides is 4. The van der Waals surface area contributed by atoms with E-state index in [0.717, 1.165) is 16.0 Å². The van der Waals surface area contributed by atoms with E-state index in [0.29, 0.717) is 29.4 Å². The van der Waals surface area contributed by atoms with E-state index in [1.807, 2.05) is 13.8 Å². The molecule has 34 heavy (non-hydrogen) atoms. The van der Waals surface area contributed by atoms with Gasteiger partial charge in [0.25, 0.3) is 11.8 Å². The van der Waals surface area contributed by atoms with Gasteiger partial charge in [-0.15, -0.1) is 0 Å². The highest BCUT2D eigenvalue weighted by Crippen LogP contribution is 2.30. The number of ether oxygens (including phenoxy) is 3. The maximum atomic E-state index is 13.1. The second-order valence-corrected chi connectivity index (χ2v) is 7.46. The topological polar surface area (TPSA) is 111 Å². The Morgan fingerprint density at radius 2 is 1.71 bits per heavy atom. The zero-order valence-corrected chi connectivity index (χ0v) is 19.5. The van der Waals surface area contributed by atoms with Gasteiger partial charge in [-0.05, 0) is 74.7 Å². The van der Waals surface area contributed by atoms with Crippen molar-refractivity contribution < 1.29 is 33.4 Å². The van der Waals surface area contributed by atoms with E-state index in [-0.39, 0.29) is 18.8 Å². The van der Waals surface area contributed by atoms with Crippen LogP contribution in [-0.2, 0) is 19.1 Å². The minimum atomic E-state index is -0.812. The molecule has 2 aromatic carbocycles. The number of nitrogens with one attached hydrogen (secondary N) is 1. The van der Waals surface area contributed by atoms with Crippen LogP contribution < -0.4 is 19.7 Å². The molecule has 4 amide bonds. The minimum absolute atomic E-state index is 0.208. The van der Waals surface area contributed by atoms with Crippen LogP contribution in [0.2, 0.25) is 0 Å². The third kappa shape index (κ3) is 5.43. The molecule has 0 bridgehead atoms. The highest BCUT2D eigenvalue weighted by molar-refractivity contribution is 6.39. The summed E-state index contributed by atoms with van der Waals surface area (Å²) in [6, 6.07) is 9.09. The largest absolute Gasteiger partial charge is 0.490 e. The lowest BCUT2D eigenvalue weighted by atomic mass is 10.0. The summed E-state index contributed by atoms with van der Waals surface area (Å²) in [5.41, 5.74) is 2.54. The van der Waals surface area contributed by atoms with Crippen LogP contribution in [0.1, 0.15) is 30.5 Å². The number of carbonyl (C=O) groups is 4. The van der Waals surface area contributed by atoms with E-state index >= 15 is 0 Å². The molecule has 0 aromatic heterocycles. The number of hydrogen-bond donors (Lipinski definition) is 1. The second kappa shape index (κ2) is 10.7. The van der Waals surface area contributed by atoms with Crippen molar-refractivity contribution in [3.05, 3.63) is 58.7 Å². The first-order valence-electron chi connectivity index (χ1n) is 10.8. The quantitative estimate of drug-likeness (QED) is 0.361. The predicted molar refractivity (Wildman–Crippen MR) is 125 cm³/mol. The Kier molecular flexibility index (Phi) is 7.68. The smallest absolute Gasteiger partial charge is 0.344 e. The molecule has 1 heterocycles. The normalized spacial score (nSPS) is 14.8. The van der Waals surface area contributed by atoms with E-state index in [1.54, 1.807) is 50.2 Å². The van der Waals surface area contributed by atoms with Crippen molar-refractivity contribution in [1.82, 2.24) is 5.32 Å². The molecule has 1 aliphatic heterocycles. The van der Waals surface area contributed by atoms with Gasteiger partial charge in [0, 0.05) is 0 Å². The number of carbonyl (C=O) groups excluding carboxylic acids is 4. The van der Waals surface area contributed by atoms with Crippen LogP contribution in [-0.4, -0.2) is 43.6 Å². The zero-order chi connectivity index (χ0) is 24.8. The summed E-state index contributed by atoms with van der Waals surface area (Å²) in [6.07, 6.45) is 1.37. The number of hydrogen-bond acceptors (Lipinski definition) is 7. The van der Waals surface area contributed by atoms with Crippen molar-refractivity contribution in [2.24, 2.45) is 0 Å². The molecule has 1 fully saturated rings. The summed E-state index contributed by atoms with van der Waals surface area (Å²) < 4.78 is 15.9. The summed E-state index contributed by atoms with van der Waals surface area (Å²) in [4.78, 5) is 50.6. The molecule has 9 heteroatoms. The van der Waals surface area contributed by atoms with Gasteiger partial charge in [-0.25, -0.2) is 14.5 Å². The Morgan fingerprint density at radius 3 is 2.38 bits per heavy atom. The Morgan fingerprint density at radius 1 is 0.941 bits per heavy atom. The highest BCUT2D eigenvalue weighted by atomic mass is 16.6. The van der Waals surface area contributed by atoms with Crippen molar-refractivity contribution in [1.29, 1.82) is 0 Å². The van der Waals surface area contributed by atoms with Crippen LogP contribution in [0, 0.1) is 13.8 Å². The highest BCUT2D eigenvalue weighted by Gasteiger charge is 2.37. The first-order valence-corrected chi connectivity index (χ1v) is 10.8. The first kappa shape index (κ1) is 24.5. The van der Waals surface area contributed by atoms with E-state index < -0.39 is 23.8 Å². The Bertz CT molecular complexity index is 1170. The SMILES string of the molecule is CCOC(=O)COc1ccc(/C=C2\C(=O)NC(=O)N(c3ccc(C)c(C)c3)C2=O)cc1OCC. The molecule has 1 N–H and O–H groups in total. The van der Waals surface area contributed by atoms with Crippen molar-refractivity contribution in [2.75, 3.05) is 24.7 Å². The van der Waals surface area contributed by atoms with E-state index in [4.69, 9.17) is 14.2 Å². The maximum Gasteiger partial charge on any atom is 0.344 e. The molecular formula is C25H26N2O7. The van der Waals surface area contributed by atoms with Gasteiger partial charge >= 0.3 is 12.0 Å². The minimum Gasteiger partial charge on any atom is -0.490 e. The number of barbiturate groups is 1. The fraction of sp³-hybridized carbons (Fsp3) is 0.280. The molecule has 1 saturated heterocycles. The molecule has 0 unspecified atom stereocenters. The van der Waals surface area contributed by atoms with Gasteiger partial charge in [0.15, 0.2) is 18.1 Å². The van der Waals surface area contributed by atoms with Gasteiger partial charge in [0.1, 0.15) is 5.57 Å². The average Bonchev–Trinajstić information content (AvgIpc) is 2.78. The zero-order valence-electron chi connectivity index (χ0n) is 19.5. The molecule has 0 aliphatic carbocycles. The third-order valence-electron chi connectivity index (χ3n) is 5.08. The number of imide groups is 2. The number of urea groups is 1. The Balaban J connectivity index is 1.91. The van der Waals surface area contributed by atoms with Crippen molar-refractivity contribution in [3.8, 4) is 11.5 Å². The number of aryl methyl sites for hydroxylation is 2. The molecule has 2 aromatic rings. The number of nitrogens with zero attached hydrogens (tertiary/aromatic N) is 1. The van der Waals surface area contributed by atoms with Crippen molar-refractivity contribution in [2.45, 2.75) is 27.7 Å². The monoisotopic (exact) mass is 466 g/mol. The molecule has 3 rings (SSSR count). The molecule has 0 saturated carbocycles. The number of anilines is 1. The second-order valence-electron chi connectivity index (χ2n) is 7.46. The van der Waals surface area contributed by atoms with Gasteiger partial charge in [0.05, 0.1) is 18.9 Å². The maximum absolute atomic E-state index is 13.1. The number of esters is 1. The van der Waals surface area contributed by atoms with Gasteiger partial charge in [0.2, 0.25) is 0 Å². The summed E-state index contributed by atoms with van der Waals surface area (Å²) in [5.74, 6) is -1.42. The third-order valence-corrected chi connectivity index (χ3v) is 5.08. The lowest BCUT2D eigenvalue weighted by Crippen LogP contribution is -2.54. The fourth-order valence-corrected chi connectivity index (χ4v) is 3.26. The summed E-state index contributed by atoms with van der Waals surface area (Å²) >= 11 is 0. The van der Waals surface area contributed by atoms with E-state index in [9.17, 15) is 19.2 Å². The van der Waals surface area contributed by atoms with Gasteiger partial charge in [-0.1, -0.05) is 12.1 Å². The van der Waals surface area contributed by atoms with Crippen LogP contribution in [0.5, 0.6) is 11.5 Å². The molecule has 0 spiro atoms. The molecule has 0 atom stereocenters. The average molecular weight is 466 g/mol. The Labute approximate surface area is 197 Å². The van der Waals surface area contributed by atoms with Crippen LogP contribution >= 0.6 is 0 Å². The van der Waals surface area contributed by atoms with Crippen LogP contribution in [0.25, 0.3) is 6.08 Å². The molecule has 1 aliphatic rings. The standard InChI is InChI=1S/C25H26N2O7/c1-5-32-21-13-17(8-10-20(21)34-14-22(28)33-6-2)12-19-23(29)26-25(31)27(24(19)30)18-9-7-15(3)16(4)11-18/h7-13H,5-6,14H2,1-4H3,(H,26,29,31)/b19-12+. The summed E-state index contributed by atoms with van der Waals surface area (Å²) in [7, 11) is 0. The lowest BCUT2D eigenvalue weighted by Gasteiger charge is -2.27. The van der Waals surface area contributed by atoms with Crippen molar-refractivity contribution >= 4 is 35.6 Å². The first-order chi connectivity index (χ1) is 16.2. The van der Waals surface area contributed by atoms with E-state index in [1.165, 1.54) is 6.08 Å². The number of rotatable bonds is 8. The number of benzene rings is 2. The summed E-state index contributed by atoms with van der Waals surface area (Å²) in [6.45, 7) is 7.54. The summed E-state index contributed by atoms with van der Waals surface area (Å²) in [5, 5.41) is 2.21. The van der Waals surface area contributed by atoms with E-state index in [2.05, 4.69) is 5.32 Å². The lowest BCUT2D eigenvalue weighted by molar-refractivity contribution is -0.145. The van der Waals surface area contributed by atoms with Gasteiger partial charge in [-0.2, -0.15) is 0 Å². The predicted octanol–water partition coefficient (Wildman–Crippen LogP) is 3.31. The molecule has 0 radical (unpaired) electrons. The van der Waals surface area contributed by atoms with Crippen LogP contribution in [0.4, 0.5) is 10.5 Å². The van der Waals surface area contributed by atoms with Crippen molar-refractivity contribution in [3.63, 3.8) is 0 Å². The van der Waals surface area contributed by atoms with Gasteiger partial charge < -0.3 is 14.2 Å². The van der Waals surface area contributed by atoms with Crippen LogP contribution in [0.3, 0.4) is 0 Å². The van der Waals surface area contributed by atoms with Crippen LogP contribution in [0.15, 0.2) is 42.0 Å². The van der Waals surface area contributed by atoms with Gasteiger partial charge in [-0.3, -0.25) is 14.9 Å². The molecular weight excluding hydrogens is 440 g/mol. The Hall–Kier alpha value is -4.14. The molecule has 178 valence electrons.